The SMILES string of the molecule is CCOC(=O)C(CCc1cn(C)c2ccccc12)N(C)C(=O)OC(C)(C)C. The molecule has 1 atom stereocenters. The van der Waals surface area contributed by atoms with E-state index < -0.39 is 23.7 Å². The molecule has 0 spiro atoms. The fraction of sp³-hybridized carbons (Fsp3) is 0.524. The van der Waals surface area contributed by atoms with E-state index in [4.69, 9.17) is 9.47 Å². The molecular formula is C21H30N2O4. The lowest BCUT2D eigenvalue weighted by Crippen LogP contribution is -2.45. The number of benzene rings is 1. The Morgan fingerprint density at radius 2 is 1.89 bits per heavy atom. The van der Waals surface area contributed by atoms with Crippen LogP contribution < -0.4 is 0 Å². The molecule has 0 radical (unpaired) electrons. The van der Waals surface area contributed by atoms with E-state index in [1.54, 1.807) is 34.7 Å². The van der Waals surface area contributed by atoms with Crippen LogP contribution in [0.1, 0.15) is 39.7 Å². The molecule has 0 bridgehead atoms. The quantitative estimate of drug-likeness (QED) is 0.719. The van der Waals surface area contributed by atoms with E-state index in [9.17, 15) is 9.59 Å². The first-order valence-corrected chi connectivity index (χ1v) is 9.29. The van der Waals surface area contributed by atoms with Gasteiger partial charge in [0.15, 0.2) is 0 Å². The average Bonchev–Trinajstić information content (AvgIpc) is 2.90. The third kappa shape index (κ3) is 5.25. The molecule has 27 heavy (non-hydrogen) atoms. The zero-order valence-electron chi connectivity index (χ0n) is 17.1. The van der Waals surface area contributed by atoms with Crippen molar-refractivity contribution in [1.82, 2.24) is 9.47 Å². The van der Waals surface area contributed by atoms with E-state index >= 15 is 0 Å². The first-order valence-electron chi connectivity index (χ1n) is 9.29. The second kappa shape index (κ2) is 8.46. The maximum absolute atomic E-state index is 12.5. The number of hydrogen-bond acceptors (Lipinski definition) is 4. The molecule has 0 aliphatic rings. The molecule has 6 nitrogen and oxygen atoms in total. The van der Waals surface area contributed by atoms with Gasteiger partial charge in [-0.15, -0.1) is 0 Å². The summed E-state index contributed by atoms with van der Waals surface area (Å²) in [5.74, 6) is -0.411. The van der Waals surface area contributed by atoms with Crippen LogP contribution >= 0.6 is 0 Å². The number of carbonyl (C=O) groups excluding carboxylic acids is 2. The van der Waals surface area contributed by atoms with E-state index in [0.29, 0.717) is 12.8 Å². The smallest absolute Gasteiger partial charge is 0.410 e. The Morgan fingerprint density at radius 1 is 1.22 bits per heavy atom. The van der Waals surface area contributed by atoms with Crippen molar-refractivity contribution in [2.45, 2.75) is 52.2 Å². The summed E-state index contributed by atoms with van der Waals surface area (Å²) in [6.45, 7) is 7.43. The number of carbonyl (C=O) groups is 2. The van der Waals surface area contributed by atoms with Crippen LogP contribution in [0.4, 0.5) is 4.79 Å². The van der Waals surface area contributed by atoms with Crippen LogP contribution in [0, 0.1) is 0 Å². The largest absolute Gasteiger partial charge is 0.464 e. The van der Waals surface area contributed by atoms with Crippen molar-refractivity contribution < 1.29 is 19.1 Å². The van der Waals surface area contributed by atoms with Crippen LogP contribution in [-0.4, -0.2) is 46.8 Å². The molecule has 2 rings (SSSR count). The van der Waals surface area contributed by atoms with Crippen molar-refractivity contribution in [1.29, 1.82) is 0 Å². The summed E-state index contributed by atoms with van der Waals surface area (Å²) in [4.78, 5) is 26.2. The molecule has 0 aliphatic heterocycles. The monoisotopic (exact) mass is 374 g/mol. The zero-order valence-corrected chi connectivity index (χ0v) is 17.1. The molecule has 0 aliphatic carbocycles. The molecular weight excluding hydrogens is 344 g/mol. The Kier molecular flexibility index (Phi) is 6.52. The van der Waals surface area contributed by atoms with Gasteiger partial charge >= 0.3 is 12.1 Å². The van der Waals surface area contributed by atoms with Crippen LogP contribution in [0.3, 0.4) is 0 Å². The van der Waals surface area contributed by atoms with Gasteiger partial charge < -0.3 is 14.0 Å². The minimum atomic E-state index is -0.696. The first kappa shape index (κ1) is 20.8. The topological polar surface area (TPSA) is 60.8 Å². The number of ether oxygens (including phenoxy) is 2. The highest BCUT2D eigenvalue weighted by molar-refractivity contribution is 5.84. The van der Waals surface area contributed by atoms with Crippen molar-refractivity contribution in [3.05, 3.63) is 36.0 Å². The van der Waals surface area contributed by atoms with Crippen LogP contribution in [0.25, 0.3) is 10.9 Å². The summed E-state index contributed by atoms with van der Waals surface area (Å²) < 4.78 is 12.7. The number of fused-ring (bicyclic) bond motifs is 1. The molecule has 1 aromatic heterocycles. The Hall–Kier alpha value is -2.50. The van der Waals surface area contributed by atoms with Crippen LogP contribution in [0.2, 0.25) is 0 Å². The van der Waals surface area contributed by atoms with Crippen LogP contribution in [0.15, 0.2) is 30.5 Å². The zero-order chi connectivity index (χ0) is 20.2. The lowest BCUT2D eigenvalue weighted by molar-refractivity contribution is -0.149. The maximum atomic E-state index is 12.5. The molecule has 1 heterocycles. The minimum absolute atomic E-state index is 0.270. The molecule has 0 saturated carbocycles. The van der Waals surface area contributed by atoms with Crippen LogP contribution in [-0.2, 0) is 27.7 Å². The molecule has 0 fully saturated rings. The van der Waals surface area contributed by atoms with Gasteiger partial charge in [-0.3, -0.25) is 4.90 Å². The number of aromatic nitrogens is 1. The second-order valence-electron chi connectivity index (χ2n) is 7.68. The summed E-state index contributed by atoms with van der Waals surface area (Å²) in [5, 5.41) is 1.16. The number of esters is 1. The Bertz CT molecular complexity index is 804. The summed E-state index contributed by atoms with van der Waals surface area (Å²) in [7, 11) is 3.58. The molecule has 0 saturated heterocycles. The number of nitrogens with zero attached hydrogens (tertiary/aromatic N) is 2. The number of aryl methyl sites for hydroxylation is 2. The predicted octanol–water partition coefficient (Wildman–Crippen LogP) is 3.91. The highest BCUT2D eigenvalue weighted by atomic mass is 16.6. The van der Waals surface area contributed by atoms with Crippen molar-refractivity contribution in [3.8, 4) is 0 Å². The number of likely N-dealkylation sites (N-methyl/N-ethyl adjacent to an activating group) is 1. The second-order valence-corrected chi connectivity index (χ2v) is 7.68. The third-order valence-corrected chi connectivity index (χ3v) is 4.37. The van der Waals surface area contributed by atoms with Gasteiger partial charge in [0, 0.05) is 31.2 Å². The number of rotatable bonds is 6. The van der Waals surface area contributed by atoms with E-state index in [-0.39, 0.29) is 6.61 Å². The maximum Gasteiger partial charge on any atom is 0.410 e. The number of hydrogen-bond donors (Lipinski definition) is 0. The first-order chi connectivity index (χ1) is 12.6. The summed E-state index contributed by atoms with van der Waals surface area (Å²) in [6.07, 6.45) is 2.65. The molecule has 148 valence electrons. The normalized spacial score (nSPS) is 12.7. The molecule has 0 N–H and O–H groups in total. The van der Waals surface area contributed by atoms with Gasteiger partial charge in [-0.1, -0.05) is 18.2 Å². The lowest BCUT2D eigenvalue weighted by atomic mass is 10.0. The van der Waals surface area contributed by atoms with E-state index in [0.717, 1.165) is 16.5 Å². The van der Waals surface area contributed by atoms with E-state index in [2.05, 4.69) is 22.9 Å². The fourth-order valence-corrected chi connectivity index (χ4v) is 3.09. The van der Waals surface area contributed by atoms with E-state index in [1.807, 2.05) is 19.2 Å². The molecule has 1 aromatic carbocycles. The molecule has 6 heteroatoms. The van der Waals surface area contributed by atoms with Crippen LogP contribution in [0.5, 0.6) is 0 Å². The van der Waals surface area contributed by atoms with Crippen molar-refractivity contribution in [3.63, 3.8) is 0 Å². The van der Waals surface area contributed by atoms with Crippen molar-refractivity contribution in [2.75, 3.05) is 13.7 Å². The fourth-order valence-electron chi connectivity index (χ4n) is 3.09. The summed E-state index contributed by atoms with van der Waals surface area (Å²) in [5.41, 5.74) is 1.65. The summed E-state index contributed by atoms with van der Waals surface area (Å²) in [6, 6.07) is 7.44. The number of amides is 1. The highest BCUT2D eigenvalue weighted by Gasteiger charge is 2.31. The third-order valence-electron chi connectivity index (χ3n) is 4.37. The minimum Gasteiger partial charge on any atom is -0.464 e. The van der Waals surface area contributed by atoms with Crippen molar-refractivity contribution in [2.24, 2.45) is 7.05 Å². The molecule has 2 aromatic rings. The van der Waals surface area contributed by atoms with Gasteiger partial charge in [-0.25, -0.2) is 9.59 Å². The Balaban J connectivity index is 2.19. The van der Waals surface area contributed by atoms with Gasteiger partial charge in [-0.2, -0.15) is 0 Å². The van der Waals surface area contributed by atoms with Gasteiger partial charge in [0.1, 0.15) is 11.6 Å². The Labute approximate surface area is 161 Å². The van der Waals surface area contributed by atoms with Crippen molar-refractivity contribution >= 4 is 23.0 Å². The standard InChI is InChI=1S/C21H30N2O4/c1-7-26-19(24)18(23(6)20(25)27-21(2,3)4)13-12-15-14-22(5)17-11-9-8-10-16(15)17/h8-11,14,18H,7,12-13H2,1-6H3. The lowest BCUT2D eigenvalue weighted by Gasteiger charge is -2.29. The summed E-state index contributed by atoms with van der Waals surface area (Å²) >= 11 is 0. The van der Waals surface area contributed by atoms with E-state index in [1.165, 1.54) is 4.90 Å². The van der Waals surface area contributed by atoms with Gasteiger partial charge in [0.2, 0.25) is 0 Å². The molecule has 1 unspecified atom stereocenters. The number of para-hydroxylation sites is 1. The van der Waals surface area contributed by atoms with Gasteiger partial charge in [0.25, 0.3) is 0 Å². The molecule has 1 amide bonds. The average molecular weight is 374 g/mol. The Morgan fingerprint density at radius 3 is 2.52 bits per heavy atom. The predicted molar refractivity (Wildman–Crippen MR) is 106 cm³/mol. The van der Waals surface area contributed by atoms with Gasteiger partial charge in [0.05, 0.1) is 6.61 Å². The highest BCUT2D eigenvalue weighted by Crippen LogP contribution is 2.23. The van der Waals surface area contributed by atoms with Gasteiger partial charge in [-0.05, 0) is 52.2 Å².